The molecule has 1 heterocycles. The second-order valence-corrected chi connectivity index (χ2v) is 5.00. The van der Waals surface area contributed by atoms with Gasteiger partial charge in [0.25, 0.3) is 0 Å². The smallest absolute Gasteiger partial charge is 0.410 e. The first-order valence-corrected chi connectivity index (χ1v) is 6.25. The number of cyclic esters (lactones) is 1. The van der Waals surface area contributed by atoms with Gasteiger partial charge < -0.3 is 9.84 Å². The van der Waals surface area contributed by atoms with Crippen LogP contribution >= 0.6 is 15.9 Å². The third-order valence-electron chi connectivity index (χ3n) is 2.75. The van der Waals surface area contributed by atoms with Crippen molar-refractivity contribution in [2.45, 2.75) is 19.0 Å². The summed E-state index contributed by atoms with van der Waals surface area (Å²) < 4.78 is 5.85. The number of carbonyl (C=O) groups excluding carboxylic acids is 1. The van der Waals surface area contributed by atoms with Crippen LogP contribution in [0.5, 0.6) is 0 Å². The molecule has 0 aromatic heterocycles. The van der Waals surface area contributed by atoms with E-state index >= 15 is 0 Å². The predicted octanol–water partition coefficient (Wildman–Crippen LogP) is 2.24. The minimum atomic E-state index is -0.931. The summed E-state index contributed by atoms with van der Waals surface area (Å²) in [6.45, 7) is 0.506. The SMILES string of the molecule is O=C(O)CC1COC(=O)N1Cc1ccc(Br)cc1. The summed E-state index contributed by atoms with van der Waals surface area (Å²) in [6.07, 6.45) is -0.549. The summed E-state index contributed by atoms with van der Waals surface area (Å²) in [4.78, 5) is 23.7. The largest absolute Gasteiger partial charge is 0.481 e. The molecule has 1 N–H and O–H groups in total. The second kappa shape index (κ2) is 5.39. The Balaban J connectivity index is 2.07. The molecule has 1 aromatic carbocycles. The Hall–Kier alpha value is -1.56. The number of carbonyl (C=O) groups is 2. The average molecular weight is 314 g/mol. The third-order valence-corrected chi connectivity index (χ3v) is 3.28. The fourth-order valence-corrected chi connectivity index (χ4v) is 2.10. The van der Waals surface area contributed by atoms with Gasteiger partial charge in [0.2, 0.25) is 0 Å². The molecule has 2 rings (SSSR count). The quantitative estimate of drug-likeness (QED) is 0.925. The lowest BCUT2D eigenvalue weighted by Gasteiger charge is -2.19. The number of amides is 1. The number of hydrogen-bond acceptors (Lipinski definition) is 3. The van der Waals surface area contributed by atoms with Crippen molar-refractivity contribution in [1.82, 2.24) is 4.90 Å². The van der Waals surface area contributed by atoms with E-state index in [1.807, 2.05) is 24.3 Å². The number of carboxylic acid groups (broad SMARTS) is 1. The number of ether oxygens (including phenoxy) is 1. The van der Waals surface area contributed by atoms with E-state index in [9.17, 15) is 9.59 Å². The minimum Gasteiger partial charge on any atom is -0.481 e. The van der Waals surface area contributed by atoms with Crippen LogP contribution in [0.2, 0.25) is 0 Å². The van der Waals surface area contributed by atoms with Crippen LogP contribution in [0.4, 0.5) is 4.79 Å². The van der Waals surface area contributed by atoms with E-state index < -0.39 is 18.1 Å². The molecule has 0 aliphatic carbocycles. The molecule has 1 atom stereocenters. The van der Waals surface area contributed by atoms with Crippen LogP contribution in [0.1, 0.15) is 12.0 Å². The van der Waals surface area contributed by atoms with Gasteiger partial charge in [0, 0.05) is 11.0 Å². The third kappa shape index (κ3) is 3.01. The van der Waals surface area contributed by atoms with Crippen molar-refractivity contribution in [1.29, 1.82) is 0 Å². The highest BCUT2D eigenvalue weighted by molar-refractivity contribution is 9.10. The van der Waals surface area contributed by atoms with Gasteiger partial charge in [-0.3, -0.25) is 9.69 Å². The molecule has 1 saturated heterocycles. The van der Waals surface area contributed by atoms with Crippen LogP contribution in [0.25, 0.3) is 0 Å². The molecule has 1 amide bonds. The molecule has 96 valence electrons. The Kier molecular flexibility index (Phi) is 3.86. The van der Waals surface area contributed by atoms with E-state index in [4.69, 9.17) is 9.84 Å². The molecule has 1 aliphatic rings. The summed E-state index contributed by atoms with van der Waals surface area (Å²) in [7, 11) is 0. The van der Waals surface area contributed by atoms with Crippen LogP contribution in [-0.4, -0.2) is 34.7 Å². The highest BCUT2D eigenvalue weighted by Crippen LogP contribution is 2.20. The number of aliphatic carboxylic acids is 1. The Labute approximate surface area is 112 Å². The molecule has 1 aromatic rings. The number of carboxylic acids is 1. The van der Waals surface area contributed by atoms with E-state index in [0.717, 1.165) is 10.0 Å². The molecule has 0 spiro atoms. The zero-order valence-electron chi connectivity index (χ0n) is 9.51. The standard InChI is InChI=1S/C12H12BrNO4/c13-9-3-1-8(2-4-9)6-14-10(5-11(15)16)7-18-12(14)17/h1-4,10H,5-7H2,(H,15,16). The highest BCUT2D eigenvalue weighted by atomic mass is 79.9. The zero-order chi connectivity index (χ0) is 13.1. The summed E-state index contributed by atoms with van der Waals surface area (Å²) in [6, 6.07) is 7.13. The molecular weight excluding hydrogens is 302 g/mol. The fraction of sp³-hybridized carbons (Fsp3) is 0.333. The van der Waals surface area contributed by atoms with Gasteiger partial charge in [-0.25, -0.2) is 4.79 Å². The van der Waals surface area contributed by atoms with E-state index in [1.54, 1.807) is 0 Å². The molecule has 1 unspecified atom stereocenters. The first-order valence-electron chi connectivity index (χ1n) is 5.46. The van der Waals surface area contributed by atoms with Gasteiger partial charge in [0.15, 0.2) is 0 Å². The van der Waals surface area contributed by atoms with E-state index in [-0.39, 0.29) is 13.0 Å². The van der Waals surface area contributed by atoms with E-state index in [1.165, 1.54) is 4.90 Å². The summed E-state index contributed by atoms with van der Waals surface area (Å²) in [5.41, 5.74) is 0.937. The maximum absolute atomic E-state index is 11.5. The monoisotopic (exact) mass is 313 g/mol. The lowest BCUT2D eigenvalue weighted by Crippen LogP contribution is -2.34. The van der Waals surface area contributed by atoms with Crippen molar-refractivity contribution < 1.29 is 19.4 Å². The van der Waals surface area contributed by atoms with E-state index in [2.05, 4.69) is 15.9 Å². The first kappa shape index (κ1) is 12.9. The first-order chi connectivity index (χ1) is 8.56. The number of nitrogens with zero attached hydrogens (tertiary/aromatic N) is 1. The second-order valence-electron chi connectivity index (χ2n) is 4.08. The topological polar surface area (TPSA) is 66.8 Å². The number of rotatable bonds is 4. The summed E-state index contributed by atoms with van der Waals surface area (Å²) in [5, 5.41) is 8.78. The molecule has 1 aliphatic heterocycles. The van der Waals surface area contributed by atoms with Crippen LogP contribution in [0.15, 0.2) is 28.7 Å². The summed E-state index contributed by atoms with van der Waals surface area (Å²) >= 11 is 3.33. The number of hydrogen-bond donors (Lipinski definition) is 1. The Morgan fingerprint density at radius 3 is 2.72 bits per heavy atom. The van der Waals surface area contributed by atoms with Crippen LogP contribution < -0.4 is 0 Å². The fourth-order valence-electron chi connectivity index (χ4n) is 1.84. The number of halogens is 1. The molecule has 5 nitrogen and oxygen atoms in total. The van der Waals surface area contributed by atoms with Crippen molar-refractivity contribution in [3.63, 3.8) is 0 Å². The highest BCUT2D eigenvalue weighted by Gasteiger charge is 2.34. The van der Waals surface area contributed by atoms with Crippen molar-refractivity contribution in [2.24, 2.45) is 0 Å². The van der Waals surface area contributed by atoms with Crippen LogP contribution in [-0.2, 0) is 16.1 Å². The molecular formula is C12H12BrNO4. The molecule has 0 bridgehead atoms. The van der Waals surface area contributed by atoms with Gasteiger partial charge in [-0.15, -0.1) is 0 Å². The van der Waals surface area contributed by atoms with Gasteiger partial charge in [-0.05, 0) is 17.7 Å². The van der Waals surface area contributed by atoms with Gasteiger partial charge in [0.1, 0.15) is 6.61 Å². The van der Waals surface area contributed by atoms with Gasteiger partial charge in [-0.1, -0.05) is 28.1 Å². The lowest BCUT2D eigenvalue weighted by molar-refractivity contribution is -0.138. The van der Waals surface area contributed by atoms with Crippen molar-refractivity contribution in [3.8, 4) is 0 Å². The summed E-state index contributed by atoms with van der Waals surface area (Å²) in [5.74, 6) is -0.931. The molecule has 0 radical (unpaired) electrons. The van der Waals surface area contributed by atoms with Crippen LogP contribution in [0, 0.1) is 0 Å². The van der Waals surface area contributed by atoms with Crippen LogP contribution in [0.3, 0.4) is 0 Å². The van der Waals surface area contributed by atoms with Gasteiger partial charge in [-0.2, -0.15) is 0 Å². The van der Waals surface area contributed by atoms with Crippen molar-refractivity contribution in [2.75, 3.05) is 6.61 Å². The molecule has 18 heavy (non-hydrogen) atoms. The zero-order valence-corrected chi connectivity index (χ0v) is 11.1. The predicted molar refractivity (Wildman–Crippen MR) is 67.1 cm³/mol. The maximum Gasteiger partial charge on any atom is 0.410 e. The molecule has 6 heteroatoms. The normalized spacial score (nSPS) is 18.8. The minimum absolute atomic E-state index is 0.0950. The van der Waals surface area contributed by atoms with Gasteiger partial charge in [0.05, 0.1) is 12.5 Å². The Morgan fingerprint density at radius 1 is 1.44 bits per heavy atom. The van der Waals surface area contributed by atoms with Crippen molar-refractivity contribution in [3.05, 3.63) is 34.3 Å². The van der Waals surface area contributed by atoms with Crippen molar-refractivity contribution >= 4 is 28.0 Å². The number of benzene rings is 1. The maximum atomic E-state index is 11.5. The Morgan fingerprint density at radius 2 is 2.11 bits per heavy atom. The Bertz CT molecular complexity index is 460. The van der Waals surface area contributed by atoms with Gasteiger partial charge >= 0.3 is 12.1 Å². The van der Waals surface area contributed by atoms with E-state index in [0.29, 0.717) is 6.54 Å². The lowest BCUT2D eigenvalue weighted by atomic mass is 10.1. The molecule has 0 saturated carbocycles. The molecule has 1 fully saturated rings. The average Bonchev–Trinajstić information content (AvgIpc) is 2.64.